The van der Waals surface area contributed by atoms with Gasteiger partial charge in [0.15, 0.2) is 0 Å². The number of phenols is 1. The van der Waals surface area contributed by atoms with Crippen LogP contribution in [0, 0.1) is 17.0 Å². The summed E-state index contributed by atoms with van der Waals surface area (Å²) in [6.45, 7) is 4.20. The maximum absolute atomic E-state index is 10.9. The summed E-state index contributed by atoms with van der Waals surface area (Å²) in [7, 11) is 0. The van der Waals surface area contributed by atoms with Gasteiger partial charge in [-0.05, 0) is 77.9 Å². The summed E-state index contributed by atoms with van der Waals surface area (Å²) in [6, 6.07) is 27.8. The number of nitro groups is 1. The van der Waals surface area contributed by atoms with Crippen molar-refractivity contribution in [2.24, 2.45) is 0 Å². The van der Waals surface area contributed by atoms with Crippen molar-refractivity contribution >= 4 is 5.69 Å². The lowest BCUT2D eigenvalue weighted by Crippen LogP contribution is -2.01. The van der Waals surface area contributed by atoms with Gasteiger partial charge in [-0.1, -0.05) is 49.4 Å². The molecule has 0 aliphatic heterocycles. The van der Waals surface area contributed by atoms with E-state index in [2.05, 4.69) is 19.1 Å². The van der Waals surface area contributed by atoms with E-state index in [9.17, 15) is 15.2 Å². The second-order valence-corrected chi connectivity index (χ2v) is 8.19. The number of non-ortho nitro benzene ring substituents is 1. The van der Waals surface area contributed by atoms with E-state index in [4.69, 9.17) is 4.74 Å². The van der Waals surface area contributed by atoms with Crippen LogP contribution in [-0.2, 0) is 6.42 Å². The molecule has 1 atom stereocenters. The highest BCUT2D eigenvalue weighted by molar-refractivity contribution is 5.72. The molecule has 0 heterocycles. The number of aromatic hydroxyl groups is 1. The Labute approximate surface area is 193 Å². The van der Waals surface area contributed by atoms with Gasteiger partial charge in [-0.3, -0.25) is 10.1 Å². The number of aryl methyl sites for hydroxylation is 1. The zero-order valence-electron chi connectivity index (χ0n) is 18.6. The van der Waals surface area contributed by atoms with E-state index in [0.29, 0.717) is 11.5 Å². The van der Waals surface area contributed by atoms with Crippen molar-refractivity contribution in [3.05, 3.63) is 118 Å². The maximum Gasteiger partial charge on any atom is 0.269 e. The predicted octanol–water partition coefficient (Wildman–Crippen LogP) is 7.41. The number of hydrogen-bond acceptors (Lipinski definition) is 4. The molecule has 0 radical (unpaired) electrons. The van der Waals surface area contributed by atoms with Crippen LogP contribution < -0.4 is 4.74 Å². The van der Waals surface area contributed by atoms with Crippen molar-refractivity contribution in [1.82, 2.24) is 0 Å². The first-order chi connectivity index (χ1) is 15.9. The average molecular weight is 440 g/mol. The first kappa shape index (κ1) is 22.1. The molecule has 1 unspecified atom stereocenters. The largest absolute Gasteiger partial charge is 0.508 e. The minimum Gasteiger partial charge on any atom is -0.508 e. The second kappa shape index (κ2) is 9.57. The van der Waals surface area contributed by atoms with Crippen molar-refractivity contribution in [1.29, 1.82) is 0 Å². The van der Waals surface area contributed by atoms with E-state index in [-0.39, 0.29) is 17.4 Å². The number of phenolic OH excluding ortho intramolecular Hbond substituents is 1. The third-order valence-electron chi connectivity index (χ3n) is 5.79. The monoisotopic (exact) mass is 439 g/mol. The zero-order chi connectivity index (χ0) is 23.4. The third-order valence-corrected chi connectivity index (χ3v) is 5.79. The van der Waals surface area contributed by atoms with E-state index < -0.39 is 4.92 Å². The molecule has 166 valence electrons. The summed E-state index contributed by atoms with van der Waals surface area (Å²) in [6.07, 6.45) is 0.850. The van der Waals surface area contributed by atoms with Crippen molar-refractivity contribution in [3.63, 3.8) is 0 Å². The second-order valence-electron chi connectivity index (χ2n) is 8.19. The molecule has 33 heavy (non-hydrogen) atoms. The molecule has 5 heteroatoms. The molecule has 1 N–H and O–H groups in total. The van der Waals surface area contributed by atoms with Crippen LogP contribution in [0.1, 0.15) is 29.5 Å². The molecule has 0 fully saturated rings. The third kappa shape index (κ3) is 5.21. The van der Waals surface area contributed by atoms with Crippen LogP contribution >= 0.6 is 0 Å². The van der Waals surface area contributed by atoms with Gasteiger partial charge >= 0.3 is 0 Å². The number of rotatable bonds is 7. The van der Waals surface area contributed by atoms with E-state index >= 15 is 0 Å². The Bertz CT molecular complexity index is 1270. The molecule has 0 aliphatic carbocycles. The van der Waals surface area contributed by atoms with Crippen LogP contribution in [0.2, 0.25) is 0 Å². The molecule has 0 aliphatic rings. The molecule has 5 nitrogen and oxygen atoms in total. The molecule has 0 spiro atoms. The van der Waals surface area contributed by atoms with Crippen LogP contribution in [0.25, 0.3) is 11.1 Å². The van der Waals surface area contributed by atoms with Gasteiger partial charge < -0.3 is 9.84 Å². The van der Waals surface area contributed by atoms with Gasteiger partial charge in [-0.2, -0.15) is 0 Å². The fourth-order valence-corrected chi connectivity index (χ4v) is 3.91. The van der Waals surface area contributed by atoms with E-state index in [1.54, 1.807) is 24.3 Å². The minimum absolute atomic E-state index is 0.0272. The van der Waals surface area contributed by atoms with E-state index in [1.807, 2.05) is 49.4 Å². The van der Waals surface area contributed by atoms with Crippen LogP contribution in [0.4, 0.5) is 5.69 Å². The van der Waals surface area contributed by atoms with Crippen LogP contribution in [0.15, 0.2) is 91.0 Å². The summed E-state index contributed by atoms with van der Waals surface area (Å²) in [4.78, 5) is 10.5. The number of hydrogen-bond donors (Lipinski definition) is 1. The van der Waals surface area contributed by atoms with Gasteiger partial charge in [0, 0.05) is 17.7 Å². The SMILES string of the molecule is Cc1cc(O)ccc1CC(C)c1ccc(Oc2ccc([N+](=O)[O-])cc2)c(-c2ccccc2)c1. The van der Waals surface area contributed by atoms with E-state index in [1.165, 1.54) is 23.3 Å². The molecule has 4 rings (SSSR count). The molecular formula is C28H25NO4. The zero-order valence-corrected chi connectivity index (χ0v) is 18.6. The number of ether oxygens (including phenoxy) is 1. The lowest BCUT2D eigenvalue weighted by Gasteiger charge is -2.18. The van der Waals surface area contributed by atoms with Crippen LogP contribution in [0.3, 0.4) is 0 Å². The molecule has 4 aromatic rings. The summed E-state index contributed by atoms with van der Waals surface area (Å²) in [5.74, 6) is 1.76. The number of nitrogens with zero attached hydrogens (tertiary/aromatic N) is 1. The van der Waals surface area contributed by atoms with Crippen LogP contribution in [0.5, 0.6) is 17.2 Å². The Morgan fingerprint density at radius 2 is 1.67 bits per heavy atom. The van der Waals surface area contributed by atoms with Crippen molar-refractivity contribution < 1.29 is 14.8 Å². The highest BCUT2D eigenvalue weighted by atomic mass is 16.6. The Balaban J connectivity index is 1.66. The molecule has 0 saturated carbocycles. The van der Waals surface area contributed by atoms with Crippen molar-refractivity contribution in [2.75, 3.05) is 0 Å². The Kier molecular flexibility index (Phi) is 6.41. The highest BCUT2D eigenvalue weighted by Crippen LogP contribution is 2.37. The maximum atomic E-state index is 10.9. The number of nitro benzene ring substituents is 1. The smallest absolute Gasteiger partial charge is 0.269 e. The highest BCUT2D eigenvalue weighted by Gasteiger charge is 2.15. The summed E-state index contributed by atoms with van der Waals surface area (Å²) in [5, 5.41) is 20.6. The van der Waals surface area contributed by atoms with Gasteiger partial charge in [-0.15, -0.1) is 0 Å². The van der Waals surface area contributed by atoms with Crippen LogP contribution in [-0.4, -0.2) is 10.0 Å². The molecule has 0 amide bonds. The quantitative estimate of drug-likeness (QED) is 0.240. The summed E-state index contributed by atoms with van der Waals surface area (Å²) in [5.41, 5.74) is 5.47. The molecule has 0 aromatic heterocycles. The van der Waals surface area contributed by atoms with Gasteiger partial charge in [0.25, 0.3) is 5.69 Å². The lowest BCUT2D eigenvalue weighted by molar-refractivity contribution is -0.384. The lowest BCUT2D eigenvalue weighted by atomic mass is 9.89. The normalized spacial score (nSPS) is 11.7. The average Bonchev–Trinajstić information content (AvgIpc) is 2.82. The summed E-state index contributed by atoms with van der Waals surface area (Å²) >= 11 is 0. The molecule has 4 aromatic carbocycles. The first-order valence-electron chi connectivity index (χ1n) is 10.8. The minimum atomic E-state index is -0.425. The topological polar surface area (TPSA) is 72.6 Å². The standard InChI is InChI=1S/C28H25NO4/c1-19(16-22-8-12-25(30)17-20(22)2)23-9-15-28(27(18-23)21-6-4-3-5-7-21)33-26-13-10-24(11-14-26)29(31)32/h3-15,17-19,30H,16H2,1-2H3. The van der Waals surface area contributed by atoms with Gasteiger partial charge in [0.1, 0.15) is 17.2 Å². The Hall–Kier alpha value is -4.12. The predicted molar refractivity (Wildman–Crippen MR) is 130 cm³/mol. The Morgan fingerprint density at radius 3 is 2.33 bits per heavy atom. The fourth-order valence-electron chi connectivity index (χ4n) is 3.91. The first-order valence-corrected chi connectivity index (χ1v) is 10.8. The Morgan fingerprint density at radius 1 is 0.939 bits per heavy atom. The van der Waals surface area contributed by atoms with Crippen molar-refractivity contribution in [2.45, 2.75) is 26.2 Å². The van der Waals surface area contributed by atoms with Gasteiger partial charge in [0.05, 0.1) is 4.92 Å². The number of benzene rings is 4. The fraction of sp³-hybridized carbons (Fsp3) is 0.143. The van der Waals surface area contributed by atoms with Gasteiger partial charge in [-0.25, -0.2) is 0 Å². The molecule has 0 saturated heterocycles. The molecular weight excluding hydrogens is 414 g/mol. The van der Waals surface area contributed by atoms with E-state index in [0.717, 1.165) is 23.1 Å². The summed E-state index contributed by atoms with van der Waals surface area (Å²) < 4.78 is 6.13. The van der Waals surface area contributed by atoms with Crippen molar-refractivity contribution in [3.8, 4) is 28.4 Å². The molecule has 0 bridgehead atoms. The van der Waals surface area contributed by atoms with Gasteiger partial charge in [0.2, 0.25) is 0 Å².